The number of cyclic esters (lactones) is 2. The smallest absolute Gasteiger partial charge is 0.346 e. The number of rotatable bonds is 2. The molecule has 1 fully saturated rings. The Morgan fingerprint density at radius 2 is 1.20 bits per heavy atom. The summed E-state index contributed by atoms with van der Waals surface area (Å²) in [6.45, 7) is 7.82. The number of ether oxygens (including phenoxy) is 1. The van der Waals surface area contributed by atoms with Gasteiger partial charge in [0.2, 0.25) is 0 Å². The van der Waals surface area contributed by atoms with Crippen LogP contribution in [-0.4, -0.2) is 11.9 Å². The maximum absolute atomic E-state index is 11.4. The molecule has 1 rings (SSSR count). The molecule has 0 bridgehead atoms. The van der Waals surface area contributed by atoms with E-state index >= 15 is 0 Å². The molecule has 0 aromatic carbocycles. The topological polar surface area (TPSA) is 43.4 Å². The van der Waals surface area contributed by atoms with E-state index < -0.39 is 11.9 Å². The molecule has 0 aliphatic carbocycles. The summed E-state index contributed by atoms with van der Waals surface area (Å²) in [4.78, 5) is 22.7. The van der Waals surface area contributed by atoms with Crippen LogP contribution in [0.15, 0.2) is 23.3 Å². The first-order valence-electron chi connectivity index (χ1n) is 5.12. The summed E-state index contributed by atoms with van der Waals surface area (Å²) in [7, 11) is 0. The van der Waals surface area contributed by atoms with Crippen LogP contribution in [0, 0.1) is 11.8 Å². The minimum Gasteiger partial charge on any atom is -0.386 e. The summed E-state index contributed by atoms with van der Waals surface area (Å²) in [5.74, 6) is -0.621. The Bertz CT molecular complexity index is 312. The molecule has 0 spiro atoms. The highest BCUT2D eigenvalue weighted by atomic mass is 16.6. The quantitative estimate of drug-likeness (QED) is 0.397. The first-order valence-corrected chi connectivity index (χ1v) is 5.12. The van der Waals surface area contributed by atoms with E-state index in [2.05, 4.69) is 4.74 Å². The molecule has 3 heteroatoms. The van der Waals surface area contributed by atoms with Gasteiger partial charge in [-0.1, -0.05) is 39.8 Å². The van der Waals surface area contributed by atoms with Gasteiger partial charge in [0.05, 0.1) is 11.1 Å². The maximum atomic E-state index is 11.4. The number of esters is 2. The molecule has 0 aromatic rings. The van der Waals surface area contributed by atoms with Gasteiger partial charge in [0, 0.05) is 0 Å². The molecular weight excluding hydrogens is 192 g/mol. The van der Waals surface area contributed by atoms with Crippen molar-refractivity contribution in [2.75, 3.05) is 0 Å². The molecule has 82 valence electrons. The van der Waals surface area contributed by atoms with Crippen LogP contribution in [0.5, 0.6) is 0 Å². The van der Waals surface area contributed by atoms with Crippen LogP contribution in [0.2, 0.25) is 0 Å². The fraction of sp³-hybridized carbons (Fsp3) is 0.500. The van der Waals surface area contributed by atoms with Crippen LogP contribution in [0.25, 0.3) is 0 Å². The molecule has 0 unspecified atom stereocenters. The zero-order chi connectivity index (χ0) is 11.6. The third-order valence-electron chi connectivity index (χ3n) is 1.92. The van der Waals surface area contributed by atoms with Crippen molar-refractivity contribution in [2.45, 2.75) is 27.7 Å². The summed E-state index contributed by atoms with van der Waals surface area (Å²) < 4.78 is 4.57. The molecule has 0 saturated carbocycles. The van der Waals surface area contributed by atoms with Gasteiger partial charge in [-0.25, -0.2) is 9.59 Å². The van der Waals surface area contributed by atoms with E-state index in [-0.39, 0.29) is 11.8 Å². The largest absolute Gasteiger partial charge is 0.386 e. The molecule has 0 aromatic heterocycles. The standard InChI is InChI=1S/C12H16O3/c1-7(2)5-9-10(6-8(3)4)12(14)15-11(9)13/h5-8H,1-4H3. The van der Waals surface area contributed by atoms with Crippen LogP contribution in [0.1, 0.15) is 27.7 Å². The van der Waals surface area contributed by atoms with Gasteiger partial charge in [-0.05, 0) is 11.8 Å². The predicted molar refractivity (Wildman–Crippen MR) is 56.9 cm³/mol. The van der Waals surface area contributed by atoms with E-state index in [0.29, 0.717) is 11.1 Å². The van der Waals surface area contributed by atoms with E-state index in [9.17, 15) is 9.59 Å². The van der Waals surface area contributed by atoms with Crippen molar-refractivity contribution in [3.8, 4) is 0 Å². The monoisotopic (exact) mass is 208 g/mol. The minimum absolute atomic E-state index is 0.217. The highest BCUT2D eigenvalue weighted by molar-refractivity contribution is 6.18. The molecule has 1 saturated heterocycles. The van der Waals surface area contributed by atoms with Gasteiger partial charge in [-0.3, -0.25) is 0 Å². The van der Waals surface area contributed by atoms with E-state index in [1.54, 1.807) is 12.2 Å². The molecule has 3 nitrogen and oxygen atoms in total. The molecule has 15 heavy (non-hydrogen) atoms. The Kier molecular flexibility index (Phi) is 3.45. The highest BCUT2D eigenvalue weighted by Crippen LogP contribution is 2.24. The lowest BCUT2D eigenvalue weighted by molar-refractivity contribution is -0.149. The van der Waals surface area contributed by atoms with Gasteiger partial charge >= 0.3 is 11.9 Å². The van der Waals surface area contributed by atoms with Gasteiger partial charge in [-0.15, -0.1) is 0 Å². The Balaban J connectivity index is 3.12. The number of carbonyl (C=O) groups excluding carboxylic acids is 2. The Hall–Kier alpha value is -1.38. The third kappa shape index (κ3) is 2.78. The molecule has 0 radical (unpaired) electrons. The normalized spacial score (nSPS) is 22.3. The fourth-order valence-corrected chi connectivity index (χ4v) is 1.40. The molecule has 1 aliphatic rings. The van der Waals surface area contributed by atoms with E-state index in [1.165, 1.54) is 0 Å². The van der Waals surface area contributed by atoms with Crippen LogP contribution in [-0.2, 0) is 14.3 Å². The van der Waals surface area contributed by atoms with Gasteiger partial charge in [0.15, 0.2) is 0 Å². The van der Waals surface area contributed by atoms with Crippen LogP contribution >= 0.6 is 0 Å². The molecule has 1 aliphatic heterocycles. The van der Waals surface area contributed by atoms with Gasteiger partial charge in [0.25, 0.3) is 0 Å². The van der Waals surface area contributed by atoms with Gasteiger partial charge < -0.3 is 4.74 Å². The van der Waals surface area contributed by atoms with E-state index in [0.717, 1.165) is 0 Å². The van der Waals surface area contributed by atoms with Crippen molar-refractivity contribution in [3.63, 3.8) is 0 Å². The van der Waals surface area contributed by atoms with E-state index in [1.807, 2.05) is 27.7 Å². The summed E-state index contributed by atoms with van der Waals surface area (Å²) in [5.41, 5.74) is 0.812. The molecule has 0 atom stereocenters. The third-order valence-corrected chi connectivity index (χ3v) is 1.92. The van der Waals surface area contributed by atoms with Crippen molar-refractivity contribution in [1.29, 1.82) is 0 Å². The number of hydrogen-bond acceptors (Lipinski definition) is 3. The van der Waals surface area contributed by atoms with Crippen molar-refractivity contribution in [3.05, 3.63) is 23.3 Å². The number of hydrogen-bond donors (Lipinski definition) is 0. The summed E-state index contributed by atoms with van der Waals surface area (Å²) >= 11 is 0. The number of allylic oxidation sites excluding steroid dienone is 2. The summed E-state index contributed by atoms with van der Waals surface area (Å²) in [5, 5.41) is 0. The molecular formula is C12H16O3. The Labute approximate surface area is 89.8 Å². The maximum Gasteiger partial charge on any atom is 0.346 e. The Morgan fingerprint density at radius 1 is 0.867 bits per heavy atom. The van der Waals surface area contributed by atoms with Crippen molar-refractivity contribution < 1.29 is 14.3 Å². The zero-order valence-corrected chi connectivity index (χ0v) is 9.53. The second-order valence-electron chi connectivity index (χ2n) is 4.33. The van der Waals surface area contributed by atoms with Crippen molar-refractivity contribution >= 4 is 11.9 Å². The SMILES string of the molecule is CC(C)C=C1C(=O)OC(=O)C1=CC(C)C. The first-order chi connectivity index (χ1) is 6.91. The minimum atomic E-state index is -0.527. The van der Waals surface area contributed by atoms with Crippen molar-refractivity contribution in [1.82, 2.24) is 0 Å². The summed E-state index contributed by atoms with van der Waals surface area (Å²) in [6.07, 6.45) is 3.53. The average Bonchev–Trinajstić information content (AvgIpc) is 2.30. The van der Waals surface area contributed by atoms with Crippen molar-refractivity contribution in [2.24, 2.45) is 11.8 Å². The fourth-order valence-electron chi connectivity index (χ4n) is 1.40. The lowest BCUT2D eigenvalue weighted by Crippen LogP contribution is -1.98. The van der Waals surface area contributed by atoms with Gasteiger partial charge in [-0.2, -0.15) is 0 Å². The second kappa shape index (κ2) is 4.43. The first kappa shape index (κ1) is 11.7. The lowest BCUT2D eigenvalue weighted by Gasteiger charge is -2.00. The molecule has 0 amide bonds. The average molecular weight is 208 g/mol. The lowest BCUT2D eigenvalue weighted by atomic mass is 10.0. The van der Waals surface area contributed by atoms with Crippen LogP contribution in [0.4, 0.5) is 0 Å². The second-order valence-corrected chi connectivity index (χ2v) is 4.33. The number of carbonyl (C=O) groups is 2. The van der Waals surface area contributed by atoms with E-state index in [4.69, 9.17) is 0 Å². The Morgan fingerprint density at radius 3 is 1.47 bits per heavy atom. The molecule has 0 N–H and O–H groups in total. The highest BCUT2D eigenvalue weighted by Gasteiger charge is 2.33. The molecule has 1 heterocycles. The summed E-state index contributed by atoms with van der Waals surface area (Å²) in [6, 6.07) is 0. The predicted octanol–water partition coefficient (Wildman–Crippen LogP) is 2.23. The van der Waals surface area contributed by atoms with Gasteiger partial charge in [0.1, 0.15) is 0 Å². The zero-order valence-electron chi connectivity index (χ0n) is 9.53. The van der Waals surface area contributed by atoms with Crippen LogP contribution in [0.3, 0.4) is 0 Å². The van der Waals surface area contributed by atoms with Crippen LogP contribution < -0.4 is 0 Å².